The highest BCUT2D eigenvalue weighted by Crippen LogP contribution is 2.33. The summed E-state index contributed by atoms with van der Waals surface area (Å²) in [6.45, 7) is 0. The molecule has 0 spiro atoms. The molecule has 1 aliphatic rings. The maximum Gasteiger partial charge on any atom is 0.0432 e. The third-order valence-corrected chi connectivity index (χ3v) is 2.75. The lowest BCUT2D eigenvalue weighted by Crippen LogP contribution is -2.01. The zero-order chi connectivity index (χ0) is 9.80. The largest absolute Gasteiger partial charge is 0.292 e. The fourth-order valence-electron chi connectivity index (χ4n) is 1.67. The quantitative estimate of drug-likeness (QED) is 0.667. The van der Waals surface area contributed by atoms with E-state index >= 15 is 0 Å². The molecule has 0 N–H and O–H groups in total. The van der Waals surface area contributed by atoms with Gasteiger partial charge in [0.2, 0.25) is 0 Å². The molecule has 1 aromatic heterocycles. The maximum absolute atomic E-state index is 4.33. The highest BCUT2D eigenvalue weighted by Gasteiger charge is 2.21. The van der Waals surface area contributed by atoms with Crippen LogP contribution in [-0.4, -0.2) is 17.7 Å². The van der Waals surface area contributed by atoms with Crippen LogP contribution in [0.25, 0.3) is 0 Å². The summed E-state index contributed by atoms with van der Waals surface area (Å²) in [4.78, 5) is 8.45. The van der Waals surface area contributed by atoms with E-state index in [0.29, 0.717) is 0 Å². The second-order valence-corrected chi connectivity index (χ2v) is 3.89. The van der Waals surface area contributed by atoms with E-state index in [1.807, 2.05) is 19.3 Å². The SMILES string of the molecule is C/N=C(\CCC1CC1)c1cccnc1. The van der Waals surface area contributed by atoms with E-state index in [2.05, 4.69) is 16.0 Å². The number of aliphatic imine (C=N–C) groups is 1. The molecule has 2 nitrogen and oxygen atoms in total. The van der Waals surface area contributed by atoms with Crippen LogP contribution in [0.5, 0.6) is 0 Å². The number of hydrogen-bond donors (Lipinski definition) is 0. The molecule has 2 heteroatoms. The summed E-state index contributed by atoms with van der Waals surface area (Å²) in [5.41, 5.74) is 2.38. The van der Waals surface area contributed by atoms with Gasteiger partial charge in [-0.3, -0.25) is 9.98 Å². The van der Waals surface area contributed by atoms with Crippen molar-refractivity contribution in [3.8, 4) is 0 Å². The lowest BCUT2D eigenvalue weighted by molar-refractivity contribution is 0.758. The van der Waals surface area contributed by atoms with E-state index in [1.165, 1.54) is 30.5 Å². The maximum atomic E-state index is 4.33. The number of pyridine rings is 1. The molecular formula is C12H16N2. The van der Waals surface area contributed by atoms with Gasteiger partial charge in [0, 0.05) is 30.7 Å². The van der Waals surface area contributed by atoms with Crippen LogP contribution < -0.4 is 0 Å². The van der Waals surface area contributed by atoms with Gasteiger partial charge in [-0.25, -0.2) is 0 Å². The van der Waals surface area contributed by atoms with Gasteiger partial charge in [-0.1, -0.05) is 18.9 Å². The van der Waals surface area contributed by atoms with E-state index in [0.717, 1.165) is 12.3 Å². The average molecular weight is 188 g/mol. The van der Waals surface area contributed by atoms with Crippen LogP contribution in [0.15, 0.2) is 29.5 Å². The molecule has 0 unspecified atom stereocenters. The predicted octanol–water partition coefficient (Wildman–Crippen LogP) is 2.69. The predicted molar refractivity (Wildman–Crippen MR) is 58.7 cm³/mol. The summed E-state index contributed by atoms with van der Waals surface area (Å²) in [7, 11) is 1.87. The van der Waals surface area contributed by atoms with E-state index in [1.54, 1.807) is 6.20 Å². The second-order valence-electron chi connectivity index (χ2n) is 3.89. The highest BCUT2D eigenvalue weighted by atomic mass is 14.7. The first kappa shape index (κ1) is 9.38. The van der Waals surface area contributed by atoms with Crippen molar-refractivity contribution in [1.82, 2.24) is 4.98 Å². The van der Waals surface area contributed by atoms with Crippen molar-refractivity contribution in [2.75, 3.05) is 7.05 Å². The summed E-state index contributed by atoms with van der Waals surface area (Å²) in [6, 6.07) is 4.06. The van der Waals surface area contributed by atoms with Crippen LogP contribution >= 0.6 is 0 Å². The van der Waals surface area contributed by atoms with Crippen molar-refractivity contribution in [2.24, 2.45) is 10.9 Å². The summed E-state index contributed by atoms with van der Waals surface area (Å²) >= 11 is 0. The number of aromatic nitrogens is 1. The van der Waals surface area contributed by atoms with Gasteiger partial charge in [0.05, 0.1) is 0 Å². The Labute approximate surface area is 85.1 Å². The fraction of sp³-hybridized carbons (Fsp3) is 0.500. The van der Waals surface area contributed by atoms with E-state index in [-0.39, 0.29) is 0 Å². The Kier molecular flexibility index (Phi) is 2.92. The molecule has 2 rings (SSSR count). The topological polar surface area (TPSA) is 25.2 Å². The van der Waals surface area contributed by atoms with Gasteiger partial charge >= 0.3 is 0 Å². The minimum absolute atomic E-state index is 0.975. The van der Waals surface area contributed by atoms with Gasteiger partial charge < -0.3 is 0 Å². The van der Waals surface area contributed by atoms with Crippen molar-refractivity contribution in [1.29, 1.82) is 0 Å². The molecule has 0 bridgehead atoms. The van der Waals surface area contributed by atoms with Crippen molar-refractivity contribution in [2.45, 2.75) is 25.7 Å². The highest BCUT2D eigenvalue weighted by molar-refractivity contribution is 6.00. The standard InChI is InChI=1S/C12H16N2/c1-13-12(7-6-10-4-5-10)11-3-2-8-14-9-11/h2-3,8-10H,4-7H2,1H3/b13-12+. The molecule has 14 heavy (non-hydrogen) atoms. The van der Waals surface area contributed by atoms with Crippen molar-refractivity contribution in [3.05, 3.63) is 30.1 Å². The molecular weight excluding hydrogens is 172 g/mol. The Balaban J connectivity index is 1.98. The molecule has 1 aromatic rings. The number of hydrogen-bond acceptors (Lipinski definition) is 2. The van der Waals surface area contributed by atoms with Gasteiger partial charge in [-0.05, 0) is 24.8 Å². The van der Waals surface area contributed by atoms with Crippen LogP contribution in [-0.2, 0) is 0 Å². The summed E-state index contributed by atoms with van der Waals surface area (Å²) in [5.74, 6) is 0.975. The molecule has 74 valence electrons. The lowest BCUT2D eigenvalue weighted by atomic mass is 10.1. The van der Waals surface area contributed by atoms with E-state index in [4.69, 9.17) is 0 Å². The normalized spacial score (nSPS) is 17.1. The first-order chi connectivity index (χ1) is 6.90. The number of rotatable bonds is 4. The molecule has 1 aliphatic carbocycles. The molecule has 0 atom stereocenters. The first-order valence-electron chi connectivity index (χ1n) is 5.26. The van der Waals surface area contributed by atoms with Crippen molar-refractivity contribution in [3.63, 3.8) is 0 Å². The van der Waals surface area contributed by atoms with Crippen molar-refractivity contribution >= 4 is 5.71 Å². The third-order valence-electron chi connectivity index (χ3n) is 2.75. The van der Waals surface area contributed by atoms with Gasteiger partial charge in [0.1, 0.15) is 0 Å². The van der Waals surface area contributed by atoms with Crippen LogP contribution in [0.2, 0.25) is 0 Å². The fourth-order valence-corrected chi connectivity index (χ4v) is 1.67. The Hall–Kier alpha value is -1.18. The zero-order valence-corrected chi connectivity index (χ0v) is 8.61. The molecule has 0 aliphatic heterocycles. The zero-order valence-electron chi connectivity index (χ0n) is 8.61. The van der Waals surface area contributed by atoms with Crippen LogP contribution in [0.3, 0.4) is 0 Å². The molecule has 0 amide bonds. The Morgan fingerprint density at radius 1 is 1.57 bits per heavy atom. The van der Waals surface area contributed by atoms with Gasteiger partial charge in [-0.15, -0.1) is 0 Å². The van der Waals surface area contributed by atoms with Gasteiger partial charge in [0.15, 0.2) is 0 Å². The van der Waals surface area contributed by atoms with Crippen LogP contribution in [0.1, 0.15) is 31.2 Å². The Morgan fingerprint density at radius 2 is 2.43 bits per heavy atom. The second kappa shape index (κ2) is 4.36. The van der Waals surface area contributed by atoms with Gasteiger partial charge in [0.25, 0.3) is 0 Å². The minimum atomic E-state index is 0.975. The monoisotopic (exact) mass is 188 g/mol. The Morgan fingerprint density at radius 3 is 3.00 bits per heavy atom. The summed E-state index contributed by atoms with van der Waals surface area (Å²) in [6.07, 6.45) is 8.94. The molecule has 1 saturated carbocycles. The van der Waals surface area contributed by atoms with E-state index < -0.39 is 0 Å². The first-order valence-corrected chi connectivity index (χ1v) is 5.26. The van der Waals surface area contributed by atoms with Gasteiger partial charge in [-0.2, -0.15) is 0 Å². The average Bonchev–Trinajstić information content (AvgIpc) is 3.04. The summed E-state index contributed by atoms with van der Waals surface area (Å²) < 4.78 is 0. The van der Waals surface area contributed by atoms with E-state index in [9.17, 15) is 0 Å². The molecule has 1 heterocycles. The third kappa shape index (κ3) is 2.41. The minimum Gasteiger partial charge on any atom is -0.292 e. The molecule has 1 fully saturated rings. The Bertz CT molecular complexity index is 312. The van der Waals surface area contributed by atoms with Crippen LogP contribution in [0.4, 0.5) is 0 Å². The van der Waals surface area contributed by atoms with Crippen LogP contribution in [0, 0.1) is 5.92 Å². The molecule has 0 saturated heterocycles. The number of nitrogens with zero attached hydrogens (tertiary/aromatic N) is 2. The van der Waals surface area contributed by atoms with Crippen molar-refractivity contribution < 1.29 is 0 Å². The molecule has 0 aromatic carbocycles. The summed E-state index contributed by atoms with van der Waals surface area (Å²) in [5, 5.41) is 0. The smallest absolute Gasteiger partial charge is 0.0432 e. The molecule has 0 radical (unpaired) electrons. The lowest BCUT2D eigenvalue weighted by Gasteiger charge is -2.04.